The summed E-state index contributed by atoms with van der Waals surface area (Å²) < 4.78 is 47.5. The molecule has 3 aromatic rings. The topological polar surface area (TPSA) is 88.5 Å². The molecular formula is C19H18F3N5O3. The number of anilines is 1. The van der Waals surface area contributed by atoms with Gasteiger partial charge in [0.1, 0.15) is 17.3 Å². The van der Waals surface area contributed by atoms with E-state index < -0.39 is 12.1 Å². The second-order valence-corrected chi connectivity index (χ2v) is 6.93. The Morgan fingerprint density at radius 2 is 1.87 bits per heavy atom. The van der Waals surface area contributed by atoms with Gasteiger partial charge >= 0.3 is 12.1 Å². The van der Waals surface area contributed by atoms with Crippen LogP contribution in [0.25, 0.3) is 11.4 Å². The molecule has 8 nitrogen and oxygen atoms in total. The van der Waals surface area contributed by atoms with E-state index >= 15 is 0 Å². The third-order valence-electron chi connectivity index (χ3n) is 4.84. The molecule has 158 valence electrons. The van der Waals surface area contributed by atoms with Crippen molar-refractivity contribution in [2.75, 3.05) is 31.1 Å². The molecule has 4 heterocycles. The smallest absolute Gasteiger partial charge is 0.466 e. The van der Waals surface area contributed by atoms with Gasteiger partial charge in [-0.1, -0.05) is 5.16 Å². The Bertz CT molecular complexity index is 1050. The monoisotopic (exact) mass is 421 g/mol. The molecule has 1 aliphatic rings. The Labute approximate surface area is 169 Å². The van der Waals surface area contributed by atoms with Crippen LogP contribution in [0.3, 0.4) is 0 Å². The number of aromatic nitrogens is 3. The third kappa shape index (κ3) is 3.87. The standard InChI is InChI=1S/C19H18F3N5O3/c1-11-9-14(12(2)29-11)17(28)27-7-5-26(6-8-27)15-4-3-13(10-23-15)16-24-18(30-25-16)19(20,21)22/h3-4,9-10H,5-8H2,1-2H3. The number of rotatable bonds is 3. The van der Waals surface area contributed by atoms with Crippen LogP contribution in [0.1, 0.15) is 27.8 Å². The lowest BCUT2D eigenvalue weighted by molar-refractivity contribution is -0.159. The minimum Gasteiger partial charge on any atom is -0.466 e. The van der Waals surface area contributed by atoms with Crippen molar-refractivity contribution in [2.45, 2.75) is 20.0 Å². The molecule has 1 saturated heterocycles. The molecule has 1 amide bonds. The molecule has 4 rings (SSSR count). The summed E-state index contributed by atoms with van der Waals surface area (Å²) >= 11 is 0. The number of carbonyl (C=O) groups excluding carboxylic acids is 1. The van der Waals surface area contributed by atoms with Crippen molar-refractivity contribution in [1.82, 2.24) is 20.0 Å². The molecule has 1 aliphatic heterocycles. The number of piperazine rings is 1. The van der Waals surface area contributed by atoms with Gasteiger partial charge in [-0.15, -0.1) is 0 Å². The van der Waals surface area contributed by atoms with Crippen LogP contribution in [0, 0.1) is 13.8 Å². The summed E-state index contributed by atoms with van der Waals surface area (Å²) in [5.41, 5.74) is 0.888. The molecule has 30 heavy (non-hydrogen) atoms. The highest BCUT2D eigenvalue weighted by molar-refractivity contribution is 5.95. The zero-order valence-electron chi connectivity index (χ0n) is 16.2. The minimum atomic E-state index is -4.69. The lowest BCUT2D eigenvalue weighted by Gasteiger charge is -2.35. The highest BCUT2D eigenvalue weighted by Crippen LogP contribution is 2.29. The number of alkyl halides is 3. The number of hydrogen-bond acceptors (Lipinski definition) is 7. The highest BCUT2D eigenvalue weighted by atomic mass is 19.4. The molecule has 0 aliphatic carbocycles. The fourth-order valence-electron chi connectivity index (χ4n) is 3.31. The van der Waals surface area contributed by atoms with E-state index in [1.807, 2.05) is 4.90 Å². The molecular weight excluding hydrogens is 403 g/mol. The first-order valence-electron chi connectivity index (χ1n) is 9.21. The summed E-state index contributed by atoms with van der Waals surface area (Å²) in [6.45, 7) is 5.76. The fraction of sp³-hybridized carbons (Fsp3) is 0.368. The maximum absolute atomic E-state index is 12.7. The first kappa shape index (κ1) is 19.9. The predicted molar refractivity (Wildman–Crippen MR) is 98.8 cm³/mol. The van der Waals surface area contributed by atoms with E-state index in [2.05, 4.69) is 19.6 Å². The minimum absolute atomic E-state index is 0.0649. The summed E-state index contributed by atoms with van der Waals surface area (Å²) in [7, 11) is 0. The van der Waals surface area contributed by atoms with Crippen LogP contribution in [-0.4, -0.2) is 52.1 Å². The van der Waals surface area contributed by atoms with Crippen molar-refractivity contribution < 1.29 is 26.9 Å². The number of nitrogens with zero attached hydrogens (tertiary/aromatic N) is 5. The number of pyridine rings is 1. The van der Waals surface area contributed by atoms with Gasteiger partial charge in [0.15, 0.2) is 0 Å². The SMILES string of the molecule is Cc1cc(C(=O)N2CCN(c3ccc(-c4noc(C(F)(F)F)n4)cn3)CC2)c(C)o1. The van der Waals surface area contributed by atoms with Crippen molar-refractivity contribution in [3.63, 3.8) is 0 Å². The van der Waals surface area contributed by atoms with Gasteiger partial charge in [-0.05, 0) is 32.0 Å². The lowest BCUT2D eigenvalue weighted by Crippen LogP contribution is -2.49. The Kier molecular flexibility index (Phi) is 4.96. The van der Waals surface area contributed by atoms with Gasteiger partial charge in [0.25, 0.3) is 5.91 Å². The van der Waals surface area contributed by atoms with Gasteiger partial charge in [-0.3, -0.25) is 4.79 Å². The molecule has 0 unspecified atom stereocenters. The molecule has 11 heteroatoms. The molecule has 0 spiro atoms. The van der Waals surface area contributed by atoms with Gasteiger partial charge in [-0.25, -0.2) is 4.98 Å². The second kappa shape index (κ2) is 7.47. The van der Waals surface area contributed by atoms with Crippen molar-refractivity contribution in [1.29, 1.82) is 0 Å². The zero-order chi connectivity index (χ0) is 21.5. The third-order valence-corrected chi connectivity index (χ3v) is 4.84. The van der Waals surface area contributed by atoms with E-state index in [0.717, 1.165) is 0 Å². The van der Waals surface area contributed by atoms with Crippen LogP contribution in [0.5, 0.6) is 0 Å². The van der Waals surface area contributed by atoms with Crippen LogP contribution in [0.4, 0.5) is 19.0 Å². The first-order chi connectivity index (χ1) is 14.2. The second-order valence-electron chi connectivity index (χ2n) is 6.93. The van der Waals surface area contributed by atoms with E-state index in [9.17, 15) is 18.0 Å². The lowest BCUT2D eigenvalue weighted by atomic mass is 10.2. The quantitative estimate of drug-likeness (QED) is 0.641. The summed E-state index contributed by atoms with van der Waals surface area (Å²) in [6, 6.07) is 5.01. The predicted octanol–water partition coefficient (Wildman–Crippen LogP) is 3.32. The number of hydrogen-bond donors (Lipinski definition) is 0. The maximum atomic E-state index is 12.7. The van der Waals surface area contributed by atoms with E-state index in [0.29, 0.717) is 54.6 Å². The van der Waals surface area contributed by atoms with Gasteiger partial charge in [0.2, 0.25) is 5.82 Å². The van der Waals surface area contributed by atoms with Crippen LogP contribution in [0.2, 0.25) is 0 Å². The van der Waals surface area contributed by atoms with E-state index in [1.54, 1.807) is 36.9 Å². The van der Waals surface area contributed by atoms with Gasteiger partial charge < -0.3 is 18.7 Å². The molecule has 0 saturated carbocycles. The van der Waals surface area contributed by atoms with Crippen LogP contribution < -0.4 is 4.90 Å². The summed E-state index contributed by atoms with van der Waals surface area (Å²) in [6.07, 6.45) is -3.29. The van der Waals surface area contributed by atoms with E-state index in [1.165, 1.54) is 6.20 Å². The van der Waals surface area contributed by atoms with Crippen molar-refractivity contribution >= 4 is 11.7 Å². The number of carbonyl (C=O) groups is 1. The average molecular weight is 421 g/mol. The molecule has 1 fully saturated rings. The first-order valence-corrected chi connectivity index (χ1v) is 9.21. The number of aryl methyl sites for hydroxylation is 2. The summed E-state index contributed by atoms with van der Waals surface area (Å²) in [4.78, 5) is 24.1. The van der Waals surface area contributed by atoms with Gasteiger partial charge in [0, 0.05) is 37.9 Å². The van der Waals surface area contributed by atoms with Crippen molar-refractivity contribution in [2.24, 2.45) is 0 Å². The molecule has 0 N–H and O–H groups in total. The van der Waals surface area contributed by atoms with Crippen molar-refractivity contribution in [3.05, 3.63) is 47.4 Å². The largest absolute Gasteiger partial charge is 0.471 e. The van der Waals surface area contributed by atoms with Crippen LogP contribution in [-0.2, 0) is 6.18 Å². The average Bonchev–Trinajstić information content (AvgIpc) is 3.34. The van der Waals surface area contributed by atoms with Crippen molar-refractivity contribution in [3.8, 4) is 11.4 Å². The van der Waals surface area contributed by atoms with Gasteiger partial charge in [0.05, 0.1) is 5.56 Å². The molecule has 0 aromatic carbocycles. The number of amides is 1. The Balaban J connectivity index is 1.40. The number of furan rings is 1. The summed E-state index contributed by atoms with van der Waals surface area (Å²) in [5.74, 6) is 0.314. The normalized spacial score (nSPS) is 15.0. The Hall–Kier alpha value is -3.37. The molecule has 0 radical (unpaired) electrons. The Morgan fingerprint density at radius 3 is 2.40 bits per heavy atom. The molecule has 0 atom stereocenters. The molecule has 0 bridgehead atoms. The fourth-order valence-corrected chi connectivity index (χ4v) is 3.31. The van der Waals surface area contributed by atoms with E-state index in [-0.39, 0.29) is 11.7 Å². The van der Waals surface area contributed by atoms with E-state index in [4.69, 9.17) is 4.42 Å². The highest BCUT2D eigenvalue weighted by Gasteiger charge is 2.38. The van der Waals surface area contributed by atoms with Crippen LogP contribution in [0.15, 0.2) is 33.3 Å². The van der Waals surface area contributed by atoms with Crippen LogP contribution >= 0.6 is 0 Å². The Morgan fingerprint density at radius 1 is 1.13 bits per heavy atom. The molecule has 3 aromatic heterocycles. The van der Waals surface area contributed by atoms with Gasteiger partial charge in [-0.2, -0.15) is 18.2 Å². The maximum Gasteiger partial charge on any atom is 0.471 e. The zero-order valence-corrected chi connectivity index (χ0v) is 16.2. The number of halogens is 3. The summed E-state index contributed by atoms with van der Waals surface area (Å²) in [5, 5.41) is 3.35.